The van der Waals surface area contributed by atoms with E-state index >= 15 is 0 Å². The maximum absolute atomic E-state index is 13.0. The summed E-state index contributed by atoms with van der Waals surface area (Å²) < 4.78 is 0. The lowest BCUT2D eigenvalue weighted by atomic mass is 9.66. The number of amides is 1. The van der Waals surface area contributed by atoms with Crippen LogP contribution >= 0.6 is 0 Å². The predicted octanol–water partition coefficient (Wildman–Crippen LogP) is 2.40. The number of piperidine rings is 2. The molecular weight excluding hydrogens is 340 g/mol. The molecule has 7 nitrogen and oxygen atoms in total. The van der Waals surface area contributed by atoms with Crippen molar-refractivity contribution in [3.05, 3.63) is 54.0 Å². The number of anilines is 1. The molecule has 0 spiro atoms. The minimum atomic E-state index is 0.0756. The van der Waals surface area contributed by atoms with Crippen LogP contribution < -0.4 is 5.32 Å². The van der Waals surface area contributed by atoms with Gasteiger partial charge >= 0.3 is 0 Å². The van der Waals surface area contributed by atoms with Crippen LogP contribution in [0, 0.1) is 23.2 Å². The molecule has 1 amide bonds. The number of nitriles is 1. The van der Waals surface area contributed by atoms with Crippen molar-refractivity contribution < 1.29 is 4.79 Å². The Morgan fingerprint density at radius 2 is 2.07 bits per heavy atom. The first-order chi connectivity index (χ1) is 13.2. The molecule has 2 N–H and O–H groups in total. The van der Waals surface area contributed by atoms with Gasteiger partial charge in [-0.25, -0.2) is 9.97 Å². The molecule has 7 heteroatoms. The van der Waals surface area contributed by atoms with E-state index in [1.54, 1.807) is 24.5 Å². The Morgan fingerprint density at radius 3 is 2.81 bits per heavy atom. The summed E-state index contributed by atoms with van der Waals surface area (Å²) in [6.45, 7) is 1.50. The van der Waals surface area contributed by atoms with Gasteiger partial charge in [0.1, 0.15) is 17.5 Å². The van der Waals surface area contributed by atoms with E-state index in [1.165, 1.54) is 0 Å². The number of carbonyl (C=O) groups excluding carboxylic acids is 1. The molecule has 2 atom stereocenters. The van der Waals surface area contributed by atoms with E-state index in [4.69, 9.17) is 5.26 Å². The number of hydrogen-bond donors (Lipinski definition) is 2. The fourth-order valence-electron chi connectivity index (χ4n) is 4.32. The SMILES string of the molecule is N#Cc1ccc(NC2C3CC2CN(C(=O)c2ccnc4[nH]ccc24)C3)nc1. The highest BCUT2D eigenvalue weighted by molar-refractivity contribution is 6.05. The van der Waals surface area contributed by atoms with Gasteiger partial charge in [0.15, 0.2) is 0 Å². The molecule has 27 heavy (non-hydrogen) atoms. The number of carbonyl (C=O) groups is 1. The van der Waals surface area contributed by atoms with Crippen LogP contribution in [0.4, 0.5) is 5.82 Å². The van der Waals surface area contributed by atoms with Crippen molar-refractivity contribution in [1.29, 1.82) is 5.26 Å². The van der Waals surface area contributed by atoms with Gasteiger partial charge in [0.25, 0.3) is 5.91 Å². The number of aromatic amines is 1. The fourth-order valence-corrected chi connectivity index (χ4v) is 4.32. The van der Waals surface area contributed by atoms with Crippen LogP contribution in [0.3, 0.4) is 0 Å². The Morgan fingerprint density at radius 1 is 1.22 bits per heavy atom. The van der Waals surface area contributed by atoms with Crippen molar-refractivity contribution in [2.75, 3.05) is 18.4 Å². The molecule has 3 fully saturated rings. The van der Waals surface area contributed by atoms with E-state index in [9.17, 15) is 4.79 Å². The van der Waals surface area contributed by atoms with E-state index in [-0.39, 0.29) is 5.91 Å². The smallest absolute Gasteiger partial charge is 0.254 e. The largest absolute Gasteiger partial charge is 0.367 e. The molecule has 2 aliphatic heterocycles. The van der Waals surface area contributed by atoms with Crippen LogP contribution in [-0.2, 0) is 0 Å². The first-order valence-corrected chi connectivity index (χ1v) is 9.07. The number of nitrogens with one attached hydrogen (secondary N) is 2. The van der Waals surface area contributed by atoms with Crippen molar-refractivity contribution in [1.82, 2.24) is 19.9 Å². The lowest BCUT2D eigenvalue weighted by Crippen LogP contribution is -2.62. The van der Waals surface area contributed by atoms with E-state index in [1.807, 2.05) is 23.2 Å². The van der Waals surface area contributed by atoms with Gasteiger partial charge in [-0.15, -0.1) is 0 Å². The zero-order chi connectivity index (χ0) is 18.4. The Kier molecular flexibility index (Phi) is 3.57. The van der Waals surface area contributed by atoms with Crippen molar-refractivity contribution in [3.8, 4) is 6.07 Å². The lowest BCUT2D eigenvalue weighted by molar-refractivity contribution is 0.0128. The minimum Gasteiger partial charge on any atom is -0.367 e. The molecule has 3 aromatic rings. The molecule has 134 valence electrons. The molecule has 2 unspecified atom stereocenters. The van der Waals surface area contributed by atoms with Gasteiger partial charge in [-0.3, -0.25) is 4.79 Å². The van der Waals surface area contributed by atoms with E-state index < -0.39 is 0 Å². The van der Waals surface area contributed by atoms with E-state index in [0.29, 0.717) is 29.0 Å². The average Bonchev–Trinajstić information content (AvgIpc) is 3.21. The fraction of sp³-hybridized carbons (Fsp3) is 0.300. The molecule has 1 aliphatic carbocycles. The Labute approximate surface area is 156 Å². The first kappa shape index (κ1) is 15.8. The monoisotopic (exact) mass is 358 g/mol. The van der Waals surface area contributed by atoms with Crippen molar-refractivity contribution >= 4 is 22.8 Å². The maximum atomic E-state index is 13.0. The van der Waals surface area contributed by atoms with Crippen LogP contribution in [-0.4, -0.2) is 44.9 Å². The van der Waals surface area contributed by atoms with Crippen molar-refractivity contribution in [2.24, 2.45) is 11.8 Å². The Bertz CT molecular complexity index is 1040. The number of aromatic nitrogens is 3. The second-order valence-electron chi connectivity index (χ2n) is 7.28. The Hall–Kier alpha value is -3.40. The average molecular weight is 358 g/mol. The summed E-state index contributed by atoms with van der Waals surface area (Å²) in [5.74, 6) is 1.71. The number of nitrogens with zero attached hydrogens (tertiary/aromatic N) is 4. The molecule has 0 aromatic carbocycles. The van der Waals surface area contributed by atoms with Crippen molar-refractivity contribution in [3.63, 3.8) is 0 Å². The summed E-state index contributed by atoms with van der Waals surface area (Å²) in [5.41, 5.74) is 2.01. The zero-order valence-electron chi connectivity index (χ0n) is 14.6. The van der Waals surface area contributed by atoms with Crippen molar-refractivity contribution in [2.45, 2.75) is 12.5 Å². The quantitative estimate of drug-likeness (QED) is 0.749. The molecule has 5 heterocycles. The first-order valence-electron chi connectivity index (χ1n) is 9.07. The van der Waals surface area contributed by atoms with Gasteiger partial charge in [-0.05, 0) is 42.5 Å². The molecule has 1 saturated carbocycles. The van der Waals surface area contributed by atoms with Crippen LogP contribution in [0.2, 0.25) is 0 Å². The van der Waals surface area contributed by atoms with E-state index in [2.05, 4.69) is 26.3 Å². The third kappa shape index (κ3) is 2.61. The summed E-state index contributed by atoms with van der Waals surface area (Å²) in [5, 5.41) is 13.2. The van der Waals surface area contributed by atoms with Crippen LogP contribution in [0.5, 0.6) is 0 Å². The number of hydrogen-bond acceptors (Lipinski definition) is 5. The lowest BCUT2D eigenvalue weighted by Gasteiger charge is -2.53. The standard InChI is InChI=1S/C20H18N6O/c21-8-12-1-2-17(24-9-12)25-18-13-7-14(18)11-26(10-13)20(27)16-4-6-23-19-15(16)3-5-22-19/h1-6,9,13-14,18H,7,10-11H2,(H,22,23)(H,24,25). The summed E-state index contributed by atoms with van der Waals surface area (Å²) in [6.07, 6.45) is 6.20. The normalized spacial score (nSPS) is 23.5. The maximum Gasteiger partial charge on any atom is 0.254 e. The van der Waals surface area contributed by atoms with E-state index in [0.717, 1.165) is 36.4 Å². The third-order valence-corrected chi connectivity index (χ3v) is 5.72. The number of H-pyrrole nitrogens is 1. The van der Waals surface area contributed by atoms with Crippen LogP contribution in [0.1, 0.15) is 22.3 Å². The van der Waals surface area contributed by atoms with Gasteiger partial charge in [0.2, 0.25) is 0 Å². The minimum absolute atomic E-state index is 0.0756. The number of pyridine rings is 2. The molecule has 0 radical (unpaired) electrons. The highest BCUT2D eigenvalue weighted by atomic mass is 16.2. The molecule has 3 aliphatic rings. The van der Waals surface area contributed by atoms with Crippen LogP contribution in [0.15, 0.2) is 42.9 Å². The Balaban J connectivity index is 1.29. The highest BCUT2D eigenvalue weighted by Crippen LogP contribution is 2.42. The molecule has 6 rings (SSSR count). The summed E-state index contributed by atoms with van der Waals surface area (Å²) in [4.78, 5) is 26.6. The van der Waals surface area contributed by atoms with Gasteiger partial charge < -0.3 is 15.2 Å². The van der Waals surface area contributed by atoms with Gasteiger partial charge in [0.05, 0.1) is 11.1 Å². The summed E-state index contributed by atoms with van der Waals surface area (Å²) in [7, 11) is 0. The molecular formula is C20H18N6O. The van der Waals surface area contributed by atoms with Gasteiger partial charge in [-0.1, -0.05) is 0 Å². The molecule has 2 saturated heterocycles. The topological polar surface area (TPSA) is 97.7 Å². The third-order valence-electron chi connectivity index (χ3n) is 5.72. The number of rotatable bonds is 3. The van der Waals surface area contributed by atoms with Gasteiger partial charge in [0, 0.05) is 43.1 Å². The predicted molar refractivity (Wildman–Crippen MR) is 100.0 cm³/mol. The second-order valence-corrected chi connectivity index (χ2v) is 7.28. The molecule has 3 aromatic heterocycles. The second kappa shape index (κ2) is 6.09. The summed E-state index contributed by atoms with van der Waals surface area (Å²) in [6, 6.07) is 9.73. The number of fused-ring (bicyclic) bond motifs is 3. The van der Waals surface area contributed by atoms with Crippen LogP contribution in [0.25, 0.3) is 11.0 Å². The highest BCUT2D eigenvalue weighted by Gasteiger charge is 2.48. The summed E-state index contributed by atoms with van der Waals surface area (Å²) >= 11 is 0. The van der Waals surface area contributed by atoms with Gasteiger partial charge in [-0.2, -0.15) is 5.26 Å². The molecule has 2 bridgehead atoms. The zero-order valence-corrected chi connectivity index (χ0v) is 14.6.